The Morgan fingerprint density at radius 1 is 1.29 bits per heavy atom. The van der Waals surface area contributed by atoms with E-state index in [0.29, 0.717) is 24.6 Å². The second-order valence-electron chi connectivity index (χ2n) is 4.57. The average Bonchev–Trinajstić information content (AvgIpc) is 3.14. The number of anilines is 1. The summed E-state index contributed by atoms with van der Waals surface area (Å²) in [5.41, 5.74) is 1.39. The summed E-state index contributed by atoms with van der Waals surface area (Å²) in [6.45, 7) is 0.481. The molecule has 4 heteroatoms. The molecule has 1 N–H and O–H groups in total. The van der Waals surface area contributed by atoms with Gasteiger partial charge in [-0.15, -0.1) is 0 Å². The van der Waals surface area contributed by atoms with E-state index in [1.165, 1.54) is 0 Å². The number of hydrogen-bond donors (Lipinski definition) is 1. The number of benzene rings is 1. The molecule has 1 fully saturated rings. The first kappa shape index (κ1) is 10.3. The van der Waals surface area contributed by atoms with Gasteiger partial charge < -0.3 is 5.32 Å². The van der Waals surface area contributed by atoms with Gasteiger partial charge in [-0.1, -0.05) is 12.1 Å². The SMILES string of the molecule is O=C1CCN(C(=O)NC2CC2)c2ccccc21. The van der Waals surface area contributed by atoms with Crippen LogP contribution in [-0.2, 0) is 0 Å². The summed E-state index contributed by atoms with van der Waals surface area (Å²) >= 11 is 0. The van der Waals surface area contributed by atoms with Crippen molar-refractivity contribution >= 4 is 17.5 Å². The van der Waals surface area contributed by atoms with Crippen LogP contribution in [0.1, 0.15) is 29.6 Å². The number of para-hydroxylation sites is 1. The van der Waals surface area contributed by atoms with Crippen LogP contribution in [0.3, 0.4) is 0 Å². The maximum Gasteiger partial charge on any atom is 0.322 e. The first-order valence-electron chi connectivity index (χ1n) is 5.96. The Morgan fingerprint density at radius 2 is 2.06 bits per heavy atom. The Balaban J connectivity index is 1.88. The molecular weight excluding hydrogens is 216 g/mol. The highest BCUT2D eigenvalue weighted by atomic mass is 16.2. The molecule has 2 aliphatic rings. The fourth-order valence-electron chi connectivity index (χ4n) is 2.10. The normalized spacial score (nSPS) is 18.8. The Hall–Kier alpha value is -1.84. The van der Waals surface area contributed by atoms with E-state index in [4.69, 9.17) is 0 Å². The number of amides is 2. The Kier molecular flexibility index (Phi) is 2.35. The minimum Gasteiger partial charge on any atom is -0.335 e. The van der Waals surface area contributed by atoms with Crippen LogP contribution in [0.4, 0.5) is 10.5 Å². The van der Waals surface area contributed by atoms with Gasteiger partial charge in [-0.2, -0.15) is 0 Å². The van der Waals surface area contributed by atoms with E-state index >= 15 is 0 Å². The maximum atomic E-state index is 12.0. The van der Waals surface area contributed by atoms with Crippen molar-refractivity contribution in [3.8, 4) is 0 Å². The lowest BCUT2D eigenvalue weighted by molar-refractivity contribution is 0.0981. The maximum absolute atomic E-state index is 12.0. The van der Waals surface area contributed by atoms with Crippen molar-refractivity contribution in [1.82, 2.24) is 5.32 Å². The van der Waals surface area contributed by atoms with Crippen LogP contribution in [0.25, 0.3) is 0 Å². The Morgan fingerprint density at radius 3 is 2.82 bits per heavy atom. The first-order valence-corrected chi connectivity index (χ1v) is 5.96. The van der Waals surface area contributed by atoms with Crippen molar-refractivity contribution in [2.45, 2.75) is 25.3 Å². The number of nitrogens with one attached hydrogen (secondary N) is 1. The lowest BCUT2D eigenvalue weighted by Gasteiger charge is -2.28. The van der Waals surface area contributed by atoms with E-state index in [1.807, 2.05) is 18.2 Å². The molecule has 1 aliphatic carbocycles. The summed E-state index contributed by atoms with van der Waals surface area (Å²) in [6, 6.07) is 7.57. The van der Waals surface area contributed by atoms with Crippen molar-refractivity contribution in [3.05, 3.63) is 29.8 Å². The monoisotopic (exact) mass is 230 g/mol. The molecule has 3 rings (SSSR count). The molecule has 4 nitrogen and oxygen atoms in total. The molecule has 0 saturated heterocycles. The van der Waals surface area contributed by atoms with Crippen molar-refractivity contribution in [2.24, 2.45) is 0 Å². The molecule has 1 heterocycles. The summed E-state index contributed by atoms with van der Waals surface area (Å²) in [5, 5.41) is 2.95. The van der Waals surface area contributed by atoms with Gasteiger partial charge in [0.05, 0.1) is 5.69 Å². The third-order valence-electron chi connectivity index (χ3n) is 3.21. The molecular formula is C13H14N2O2. The van der Waals surface area contributed by atoms with E-state index in [1.54, 1.807) is 11.0 Å². The van der Waals surface area contributed by atoms with Crippen LogP contribution < -0.4 is 10.2 Å². The molecule has 0 bridgehead atoms. The zero-order valence-electron chi connectivity index (χ0n) is 9.48. The molecule has 0 spiro atoms. The largest absolute Gasteiger partial charge is 0.335 e. The molecule has 2 amide bonds. The van der Waals surface area contributed by atoms with Crippen LogP contribution in [0.15, 0.2) is 24.3 Å². The average molecular weight is 230 g/mol. The van der Waals surface area contributed by atoms with Crippen LogP contribution in [0.5, 0.6) is 0 Å². The van der Waals surface area contributed by atoms with Crippen LogP contribution >= 0.6 is 0 Å². The molecule has 0 aromatic heterocycles. The smallest absolute Gasteiger partial charge is 0.322 e. The van der Waals surface area contributed by atoms with E-state index in [9.17, 15) is 9.59 Å². The molecule has 0 unspecified atom stereocenters. The van der Waals surface area contributed by atoms with Gasteiger partial charge in [0.25, 0.3) is 0 Å². The van der Waals surface area contributed by atoms with Crippen molar-refractivity contribution in [1.29, 1.82) is 0 Å². The molecule has 1 saturated carbocycles. The van der Waals surface area contributed by atoms with Gasteiger partial charge in [0.2, 0.25) is 0 Å². The number of ketones is 1. The van der Waals surface area contributed by atoms with Crippen molar-refractivity contribution in [2.75, 3.05) is 11.4 Å². The fraction of sp³-hybridized carbons (Fsp3) is 0.385. The first-order chi connectivity index (χ1) is 8.25. The molecule has 17 heavy (non-hydrogen) atoms. The minimum absolute atomic E-state index is 0.0764. The van der Waals surface area contributed by atoms with E-state index < -0.39 is 0 Å². The number of rotatable bonds is 1. The molecule has 0 radical (unpaired) electrons. The van der Waals surface area contributed by atoms with Crippen LogP contribution in [0, 0.1) is 0 Å². The molecule has 1 aliphatic heterocycles. The van der Waals surface area contributed by atoms with Gasteiger partial charge in [0.1, 0.15) is 0 Å². The van der Waals surface area contributed by atoms with Gasteiger partial charge in [-0.05, 0) is 25.0 Å². The third-order valence-corrected chi connectivity index (χ3v) is 3.21. The second kappa shape index (κ2) is 3.87. The number of Topliss-reactive ketones (excluding diaryl/α,β-unsaturated/α-hetero) is 1. The molecule has 88 valence electrons. The number of carbonyl (C=O) groups is 2. The summed E-state index contributed by atoms with van der Waals surface area (Å²) in [7, 11) is 0. The van der Waals surface area contributed by atoms with Gasteiger partial charge in [-0.3, -0.25) is 9.69 Å². The molecule has 1 aromatic rings. The standard InChI is InChI=1S/C13H14N2O2/c16-12-7-8-15(13(17)14-9-5-6-9)11-4-2-1-3-10(11)12/h1-4,9H,5-8H2,(H,14,17). The summed E-state index contributed by atoms with van der Waals surface area (Å²) in [4.78, 5) is 25.4. The topological polar surface area (TPSA) is 49.4 Å². The second-order valence-corrected chi connectivity index (χ2v) is 4.57. The highest BCUT2D eigenvalue weighted by molar-refractivity contribution is 6.08. The summed E-state index contributed by atoms with van der Waals surface area (Å²) in [6.07, 6.45) is 2.55. The lowest BCUT2D eigenvalue weighted by atomic mass is 10.0. The predicted octanol–water partition coefficient (Wildman–Crippen LogP) is 1.95. The van der Waals surface area contributed by atoms with Gasteiger partial charge in [0.15, 0.2) is 5.78 Å². The zero-order valence-corrected chi connectivity index (χ0v) is 9.48. The van der Waals surface area contributed by atoms with Crippen molar-refractivity contribution in [3.63, 3.8) is 0 Å². The number of carbonyl (C=O) groups excluding carboxylic acids is 2. The number of fused-ring (bicyclic) bond motifs is 1. The zero-order chi connectivity index (χ0) is 11.8. The van der Waals surface area contributed by atoms with Crippen LogP contribution in [-0.4, -0.2) is 24.4 Å². The minimum atomic E-state index is -0.0764. The van der Waals surface area contributed by atoms with E-state index in [0.717, 1.165) is 18.5 Å². The van der Waals surface area contributed by atoms with Gasteiger partial charge in [-0.25, -0.2) is 4.79 Å². The van der Waals surface area contributed by atoms with Gasteiger partial charge >= 0.3 is 6.03 Å². The Labute approximate surface area is 99.6 Å². The number of urea groups is 1. The summed E-state index contributed by atoms with van der Waals surface area (Å²) < 4.78 is 0. The Bertz CT molecular complexity index is 480. The predicted molar refractivity (Wildman–Crippen MR) is 64.3 cm³/mol. The quantitative estimate of drug-likeness (QED) is 0.801. The highest BCUT2D eigenvalue weighted by Crippen LogP contribution is 2.27. The highest BCUT2D eigenvalue weighted by Gasteiger charge is 2.30. The van der Waals surface area contributed by atoms with Crippen LogP contribution in [0.2, 0.25) is 0 Å². The number of nitrogens with zero attached hydrogens (tertiary/aromatic N) is 1. The van der Waals surface area contributed by atoms with Gasteiger partial charge in [0, 0.05) is 24.6 Å². The summed E-state index contributed by atoms with van der Waals surface area (Å²) in [5.74, 6) is 0.121. The molecule has 1 aromatic carbocycles. The number of hydrogen-bond acceptors (Lipinski definition) is 2. The third kappa shape index (κ3) is 1.90. The van der Waals surface area contributed by atoms with Crippen molar-refractivity contribution < 1.29 is 9.59 Å². The lowest BCUT2D eigenvalue weighted by Crippen LogP contribution is -2.44. The fourth-order valence-corrected chi connectivity index (χ4v) is 2.10. The van der Waals surface area contributed by atoms with E-state index in [-0.39, 0.29) is 11.8 Å². The molecule has 0 atom stereocenters. The van der Waals surface area contributed by atoms with E-state index in [2.05, 4.69) is 5.32 Å².